The van der Waals surface area contributed by atoms with Crippen LogP contribution in [0.1, 0.15) is 31.7 Å². The number of piperidine rings is 1. The molecule has 3 nitrogen and oxygen atoms in total. The summed E-state index contributed by atoms with van der Waals surface area (Å²) in [4.78, 5) is 16.2. The number of hydrogen-bond acceptors (Lipinski definition) is 2. The molecule has 0 saturated carbocycles. The van der Waals surface area contributed by atoms with Gasteiger partial charge in [-0.05, 0) is 50.9 Å². The standard InChI is InChI=1S/C16H23FN2O/c1-13-6-3-4-9-19(13)16(20)12-18(2)11-14-7-5-8-15(17)10-14/h5,7-8,10,13H,3-4,6,9,11-12H2,1-2H3. The second kappa shape index (κ2) is 6.84. The molecule has 1 amide bonds. The van der Waals surface area contributed by atoms with Gasteiger partial charge in [0.2, 0.25) is 5.91 Å². The summed E-state index contributed by atoms with van der Waals surface area (Å²) in [6.45, 7) is 3.96. The van der Waals surface area contributed by atoms with Crippen molar-refractivity contribution in [3.8, 4) is 0 Å². The molecule has 20 heavy (non-hydrogen) atoms. The van der Waals surface area contributed by atoms with Gasteiger partial charge in [0, 0.05) is 19.1 Å². The molecule has 1 aromatic rings. The number of carbonyl (C=O) groups excluding carboxylic acids is 1. The Morgan fingerprint density at radius 1 is 1.45 bits per heavy atom. The van der Waals surface area contributed by atoms with E-state index < -0.39 is 0 Å². The maximum absolute atomic E-state index is 13.1. The van der Waals surface area contributed by atoms with Crippen LogP contribution in [0.25, 0.3) is 0 Å². The molecular formula is C16H23FN2O. The number of hydrogen-bond donors (Lipinski definition) is 0. The largest absolute Gasteiger partial charge is 0.339 e. The normalized spacial score (nSPS) is 19.4. The second-order valence-corrected chi connectivity index (χ2v) is 5.73. The van der Waals surface area contributed by atoms with E-state index in [4.69, 9.17) is 0 Å². The maximum Gasteiger partial charge on any atom is 0.236 e. The Morgan fingerprint density at radius 2 is 2.25 bits per heavy atom. The Labute approximate surface area is 120 Å². The van der Waals surface area contributed by atoms with Gasteiger partial charge in [0.05, 0.1) is 6.54 Å². The van der Waals surface area contributed by atoms with Crippen molar-refractivity contribution >= 4 is 5.91 Å². The maximum atomic E-state index is 13.1. The number of rotatable bonds is 4. The summed E-state index contributed by atoms with van der Waals surface area (Å²) >= 11 is 0. The molecule has 110 valence electrons. The third kappa shape index (κ3) is 4.04. The van der Waals surface area contributed by atoms with Crippen molar-refractivity contribution in [3.05, 3.63) is 35.6 Å². The lowest BCUT2D eigenvalue weighted by molar-refractivity contribution is -0.135. The zero-order chi connectivity index (χ0) is 14.5. The quantitative estimate of drug-likeness (QED) is 0.845. The monoisotopic (exact) mass is 278 g/mol. The fourth-order valence-electron chi connectivity index (χ4n) is 2.79. The molecule has 1 aliphatic heterocycles. The van der Waals surface area contributed by atoms with Gasteiger partial charge in [0.15, 0.2) is 0 Å². The molecular weight excluding hydrogens is 255 g/mol. The average Bonchev–Trinajstić information content (AvgIpc) is 2.38. The van der Waals surface area contributed by atoms with E-state index in [1.165, 1.54) is 18.6 Å². The van der Waals surface area contributed by atoms with Crippen LogP contribution in [0.2, 0.25) is 0 Å². The molecule has 4 heteroatoms. The van der Waals surface area contributed by atoms with E-state index in [-0.39, 0.29) is 11.7 Å². The fraction of sp³-hybridized carbons (Fsp3) is 0.562. The van der Waals surface area contributed by atoms with Gasteiger partial charge in [-0.1, -0.05) is 12.1 Å². The lowest BCUT2D eigenvalue weighted by Gasteiger charge is -2.34. The Bertz CT molecular complexity index is 464. The third-order valence-corrected chi connectivity index (χ3v) is 3.87. The Hall–Kier alpha value is -1.42. The minimum atomic E-state index is -0.230. The summed E-state index contributed by atoms with van der Waals surface area (Å²) in [6, 6.07) is 6.88. The van der Waals surface area contributed by atoms with Crippen molar-refractivity contribution in [2.75, 3.05) is 20.1 Å². The third-order valence-electron chi connectivity index (χ3n) is 3.87. The van der Waals surface area contributed by atoms with Crippen LogP contribution in [0.4, 0.5) is 4.39 Å². The molecule has 0 bridgehead atoms. The SMILES string of the molecule is CC1CCCCN1C(=O)CN(C)Cc1cccc(F)c1. The minimum Gasteiger partial charge on any atom is -0.339 e. The lowest BCUT2D eigenvalue weighted by atomic mass is 10.0. The topological polar surface area (TPSA) is 23.6 Å². The second-order valence-electron chi connectivity index (χ2n) is 5.73. The smallest absolute Gasteiger partial charge is 0.236 e. The van der Waals surface area contributed by atoms with Crippen LogP contribution >= 0.6 is 0 Å². The molecule has 0 N–H and O–H groups in total. The Morgan fingerprint density at radius 3 is 2.95 bits per heavy atom. The van der Waals surface area contributed by atoms with Crippen LogP contribution in [0, 0.1) is 5.82 Å². The first kappa shape index (κ1) is 15.0. The molecule has 0 aromatic heterocycles. The summed E-state index contributed by atoms with van der Waals surface area (Å²) in [5.41, 5.74) is 0.895. The Balaban J connectivity index is 1.87. The van der Waals surface area contributed by atoms with Crippen LogP contribution in [0.5, 0.6) is 0 Å². The molecule has 1 aliphatic rings. The summed E-state index contributed by atoms with van der Waals surface area (Å²) in [6.07, 6.45) is 3.41. The lowest BCUT2D eigenvalue weighted by Crippen LogP contribution is -2.46. The first-order valence-corrected chi connectivity index (χ1v) is 7.28. The summed E-state index contributed by atoms with van der Waals surface area (Å²) in [5, 5.41) is 0. The van der Waals surface area contributed by atoms with Gasteiger partial charge in [-0.25, -0.2) is 4.39 Å². The number of likely N-dealkylation sites (N-methyl/N-ethyl adjacent to an activating group) is 1. The zero-order valence-corrected chi connectivity index (χ0v) is 12.3. The van der Waals surface area contributed by atoms with Gasteiger partial charge in [0.25, 0.3) is 0 Å². The number of nitrogens with zero attached hydrogens (tertiary/aromatic N) is 2. The number of carbonyl (C=O) groups is 1. The van der Waals surface area contributed by atoms with Crippen molar-refractivity contribution in [2.45, 2.75) is 38.8 Å². The van der Waals surface area contributed by atoms with Crippen molar-refractivity contribution in [3.63, 3.8) is 0 Å². The van der Waals surface area contributed by atoms with Crippen LogP contribution < -0.4 is 0 Å². The van der Waals surface area contributed by atoms with Crippen molar-refractivity contribution in [1.29, 1.82) is 0 Å². The molecule has 1 heterocycles. The minimum absolute atomic E-state index is 0.177. The number of halogens is 1. The van der Waals surface area contributed by atoms with Gasteiger partial charge >= 0.3 is 0 Å². The molecule has 1 saturated heterocycles. The van der Waals surface area contributed by atoms with Gasteiger partial charge < -0.3 is 4.90 Å². The van der Waals surface area contributed by atoms with E-state index in [1.807, 2.05) is 22.9 Å². The van der Waals surface area contributed by atoms with Crippen molar-refractivity contribution in [1.82, 2.24) is 9.80 Å². The van der Waals surface area contributed by atoms with E-state index >= 15 is 0 Å². The molecule has 1 atom stereocenters. The van der Waals surface area contributed by atoms with Gasteiger partial charge in [-0.3, -0.25) is 9.69 Å². The van der Waals surface area contributed by atoms with Gasteiger partial charge in [0.1, 0.15) is 5.82 Å². The van der Waals surface area contributed by atoms with Crippen LogP contribution in [0.15, 0.2) is 24.3 Å². The number of likely N-dealkylation sites (tertiary alicyclic amines) is 1. The van der Waals surface area contributed by atoms with Crippen molar-refractivity contribution in [2.24, 2.45) is 0 Å². The van der Waals surface area contributed by atoms with Crippen LogP contribution in [-0.2, 0) is 11.3 Å². The fourth-order valence-corrected chi connectivity index (χ4v) is 2.79. The molecule has 1 fully saturated rings. The molecule has 0 radical (unpaired) electrons. The van der Waals surface area contributed by atoms with Crippen LogP contribution in [0.3, 0.4) is 0 Å². The summed E-state index contributed by atoms with van der Waals surface area (Å²) in [5.74, 6) is -0.0528. The highest BCUT2D eigenvalue weighted by Gasteiger charge is 2.23. The highest BCUT2D eigenvalue weighted by atomic mass is 19.1. The number of amides is 1. The highest BCUT2D eigenvalue weighted by molar-refractivity contribution is 5.78. The van der Waals surface area contributed by atoms with Crippen molar-refractivity contribution < 1.29 is 9.18 Å². The highest BCUT2D eigenvalue weighted by Crippen LogP contribution is 2.16. The first-order chi connectivity index (χ1) is 9.56. The molecule has 1 unspecified atom stereocenters. The molecule has 2 rings (SSSR count). The molecule has 0 aliphatic carbocycles. The molecule has 0 spiro atoms. The summed E-state index contributed by atoms with van der Waals surface area (Å²) < 4.78 is 13.1. The predicted octanol–water partition coefficient (Wildman–Crippen LogP) is 2.66. The van der Waals surface area contributed by atoms with Gasteiger partial charge in [-0.15, -0.1) is 0 Å². The average molecular weight is 278 g/mol. The van der Waals surface area contributed by atoms with E-state index in [0.717, 1.165) is 24.9 Å². The van der Waals surface area contributed by atoms with E-state index in [1.54, 1.807) is 6.07 Å². The number of benzene rings is 1. The van der Waals surface area contributed by atoms with Gasteiger partial charge in [-0.2, -0.15) is 0 Å². The van der Waals surface area contributed by atoms with E-state index in [2.05, 4.69) is 6.92 Å². The summed E-state index contributed by atoms with van der Waals surface area (Å²) in [7, 11) is 1.90. The predicted molar refractivity (Wildman–Crippen MR) is 77.8 cm³/mol. The first-order valence-electron chi connectivity index (χ1n) is 7.28. The Kier molecular flexibility index (Phi) is 5.12. The van der Waals surface area contributed by atoms with E-state index in [0.29, 0.717) is 19.1 Å². The van der Waals surface area contributed by atoms with E-state index in [9.17, 15) is 9.18 Å². The van der Waals surface area contributed by atoms with Crippen LogP contribution in [-0.4, -0.2) is 41.9 Å². The zero-order valence-electron chi connectivity index (χ0n) is 12.3. The molecule has 1 aromatic carbocycles.